The number of hydrogen-bond acceptors (Lipinski definition) is 4. The molecule has 0 saturated heterocycles. The van der Waals surface area contributed by atoms with Gasteiger partial charge in [-0.05, 0) is 40.5 Å². The molecule has 0 aromatic heterocycles. The van der Waals surface area contributed by atoms with Gasteiger partial charge >= 0.3 is 5.97 Å². The summed E-state index contributed by atoms with van der Waals surface area (Å²) in [6.07, 6.45) is 3.23. The van der Waals surface area contributed by atoms with Crippen molar-refractivity contribution in [3.8, 4) is 0 Å². The Hall–Kier alpha value is -0.620. The van der Waals surface area contributed by atoms with Gasteiger partial charge in [0, 0.05) is 0 Å². The van der Waals surface area contributed by atoms with Crippen molar-refractivity contribution in [1.29, 1.82) is 0 Å². The van der Waals surface area contributed by atoms with E-state index in [-0.39, 0.29) is 5.25 Å². The molecule has 0 aromatic rings. The van der Waals surface area contributed by atoms with Gasteiger partial charge in [0.15, 0.2) is 0 Å². The van der Waals surface area contributed by atoms with Crippen molar-refractivity contribution >= 4 is 16.0 Å². The van der Waals surface area contributed by atoms with Gasteiger partial charge in [-0.1, -0.05) is 12.8 Å². The van der Waals surface area contributed by atoms with E-state index in [2.05, 4.69) is 4.72 Å². The van der Waals surface area contributed by atoms with E-state index in [0.29, 0.717) is 12.8 Å². The zero-order valence-electron chi connectivity index (χ0n) is 11.5. The second-order valence-corrected chi connectivity index (χ2v) is 7.82. The van der Waals surface area contributed by atoms with Gasteiger partial charge in [-0.15, -0.1) is 0 Å². The Morgan fingerprint density at radius 2 is 1.78 bits per heavy atom. The summed E-state index contributed by atoms with van der Waals surface area (Å²) in [5.41, 5.74) is -0.607. The molecule has 0 bridgehead atoms. The molecular weight excluding hydrogens is 254 g/mol. The minimum Gasteiger partial charge on any atom is -0.459 e. The van der Waals surface area contributed by atoms with Gasteiger partial charge in [0.25, 0.3) is 0 Å². The Labute approximate surface area is 109 Å². The minimum absolute atomic E-state index is 0.359. The second kappa shape index (κ2) is 5.57. The molecule has 1 aliphatic carbocycles. The lowest BCUT2D eigenvalue weighted by Crippen LogP contribution is -2.45. The quantitative estimate of drug-likeness (QED) is 0.792. The summed E-state index contributed by atoms with van der Waals surface area (Å²) >= 11 is 0. The van der Waals surface area contributed by atoms with Crippen molar-refractivity contribution in [1.82, 2.24) is 4.72 Å². The monoisotopic (exact) mass is 277 g/mol. The molecule has 0 aromatic carbocycles. The molecule has 1 rings (SSSR count). The Kier molecular flexibility index (Phi) is 4.78. The summed E-state index contributed by atoms with van der Waals surface area (Å²) in [6, 6.07) is -0.838. The molecule has 0 spiro atoms. The van der Waals surface area contributed by atoms with E-state index in [1.54, 1.807) is 20.8 Å². The molecule has 6 heteroatoms. The van der Waals surface area contributed by atoms with Gasteiger partial charge in [0.1, 0.15) is 11.6 Å². The summed E-state index contributed by atoms with van der Waals surface area (Å²) in [4.78, 5) is 11.7. The Balaban J connectivity index is 2.58. The molecule has 1 N–H and O–H groups in total. The molecule has 106 valence electrons. The van der Waals surface area contributed by atoms with Crippen molar-refractivity contribution in [3.63, 3.8) is 0 Å². The third-order valence-electron chi connectivity index (χ3n) is 2.84. The van der Waals surface area contributed by atoms with Crippen LogP contribution >= 0.6 is 0 Å². The van der Waals surface area contributed by atoms with E-state index in [9.17, 15) is 13.2 Å². The van der Waals surface area contributed by atoms with Crippen LogP contribution in [0, 0.1) is 0 Å². The first-order valence-electron chi connectivity index (χ1n) is 6.36. The van der Waals surface area contributed by atoms with Gasteiger partial charge < -0.3 is 4.74 Å². The SMILES string of the molecule is C[C@H](NS(=O)(=O)C1CCCC1)C(=O)OC(C)(C)C. The van der Waals surface area contributed by atoms with E-state index >= 15 is 0 Å². The lowest BCUT2D eigenvalue weighted by molar-refractivity contribution is -0.156. The molecule has 1 atom stereocenters. The molecule has 18 heavy (non-hydrogen) atoms. The highest BCUT2D eigenvalue weighted by molar-refractivity contribution is 7.90. The number of esters is 1. The number of sulfonamides is 1. The average Bonchev–Trinajstić information content (AvgIpc) is 2.66. The number of hydrogen-bond donors (Lipinski definition) is 1. The van der Waals surface area contributed by atoms with E-state index in [1.165, 1.54) is 6.92 Å². The third kappa shape index (κ3) is 4.57. The number of carbonyl (C=O) groups is 1. The van der Waals surface area contributed by atoms with E-state index in [0.717, 1.165) is 12.8 Å². The van der Waals surface area contributed by atoms with Crippen LogP contribution in [0.25, 0.3) is 0 Å². The van der Waals surface area contributed by atoms with Crippen molar-refractivity contribution in [2.24, 2.45) is 0 Å². The van der Waals surface area contributed by atoms with Crippen LogP contribution in [0.4, 0.5) is 0 Å². The lowest BCUT2D eigenvalue weighted by Gasteiger charge is -2.23. The van der Waals surface area contributed by atoms with E-state index < -0.39 is 27.6 Å². The van der Waals surface area contributed by atoms with Crippen LogP contribution in [0.15, 0.2) is 0 Å². The first-order valence-corrected chi connectivity index (χ1v) is 7.90. The first-order chi connectivity index (χ1) is 8.12. The molecular formula is C12H23NO4S. The van der Waals surface area contributed by atoms with E-state index in [1.807, 2.05) is 0 Å². The van der Waals surface area contributed by atoms with Gasteiger partial charge in [-0.25, -0.2) is 13.1 Å². The summed E-state index contributed by atoms with van der Waals surface area (Å²) in [5, 5.41) is -0.359. The summed E-state index contributed by atoms with van der Waals surface area (Å²) < 4.78 is 31.5. The highest BCUT2D eigenvalue weighted by Gasteiger charge is 2.32. The number of ether oxygens (including phenoxy) is 1. The van der Waals surface area contributed by atoms with Crippen LogP contribution in [0.5, 0.6) is 0 Å². The first kappa shape index (κ1) is 15.4. The van der Waals surface area contributed by atoms with Gasteiger partial charge in [0.05, 0.1) is 5.25 Å². The smallest absolute Gasteiger partial charge is 0.324 e. The fraction of sp³-hybridized carbons (Fsp3) is 0.917. The average molecular weight is 277 g/mol. The Bertz CT molecular complexity index is 391. The fourth-order valence-corrected chi connectivity index (χ4v) is 3.71. The summed E-state index contributed by atoms with van der Waals surface area (Å²) in [7, 11) is -3.41. The molecule has 0 amide bonds. The Morgan fingerprint density at radius 1 is 1.28 bits per heavy atom. The maximum absolute atomic E-state index is 12.0. The normalized spacial score (nSPS) is 19.8. The van der Waals surface area contributed by atoms with Gasteiger partial charge in [-0.2, -0.15) is 0 Å². The van der Waals surface area contributed by atoms with Crippen molar-refractivity contribution in [2.45, 2.75) is 70.3 Å². The van der Waals surface area contributed by atoms with Crippen LogP contribution in [-0.2, 0) is 19.6 Å². The van der Waals surface area contributed by atoms with Gasteiger partial charge in [0.2, 0.25) is 10.0 Å². The van der Waals surface area contributed by atoms with Crippen LogP contribution in [0.2, 0.25) is 0 Å². The zero-order valence-corrected chi connectivity index (χ0v) is 12.3. The predicted molar refractivity (Wildman–Crippen MR) is 69.6 cm³/mol. The molecule has 1 aliphatic rings. The molecule has 0 heterocycles. The van der Waals surface area contributed by atoms with Crippen LogP contribution in [-0.4, -0.2) is 31.3 Å². The van der Waals surface area contributed by atoms with Crippen LogP contribution in [0.1, 0.15) is 53.4 Å². The van der Waals surface area contributed by atoms with E-state index in [4.69, 9.17) is 4.74 Å². The molecule has 1 saturated carbocycles. The van der Waals surface area contributed by atoms with Crippen molar-refractivity contribution in [3.05, 3.63) is 0 Å². The maximum atomic E-state index is 12.0. The van der Waals surface area contributed by atoms with Crippen LogP contribution < -0.4 is 4.72 Å². The molecule has 1 fully saturated rings. The van der Waals surface area contributed by atoms with Crippen LogP contribution in [0.3, 0.4) is 0 Å². The standard InChI is InChI=1S/C12H23NO4S/c1-9(11(14)17-12(2,3)4)13-18(15,16)10-7-5-6-8-10/h9-10,13H,5-8H2,1-4H3/t9-/m0/s1. The van der Waals surface area contributed by atoms with Gasteiger partial charge in [-0.3, -0.25) is 4.79 Å². The molecule has 0 aliphatic heterocycles. The molecule has 5 nitrogen and oxygen atoms in total. The lowest BCUT2D eigenvalue weighted by atomic mass is 10.2. The van der Waals surface area contributed by atoms with Crippen molar-refractivity contribution in [2.75, 3.05) is 0 Å². The highest BCUT2D eigenvalue weighted by Crippen LogP contribution is 2.24. The molecule has 0 unspecified atom stereocenters. The number of rotatable bonds is 4. The third-order valence-corrected chi connectivity index (χ3v) is 4.87. The highest BCUT2D eigenvalue weighted by atomic mass is 32.2. The predicted octanol–water partition coefficient (Wildman–Crippen LogP) is 1.58. The number of carbonyl (C=O) groups excluding carboxylic acids is 1. The fourth-order valence-electron chi connectivity index (χ4n) is 1.98. The maximum Gasteiger partial charge on any atom is 0.324 e. The van der Waals surface area contributed by atoms with Crippen molar-refractivity contribution < 1.29 is 17.9 Å². The topological polar surface area (TPSA) is 72.5 Å². The molecule has 0 radical (unpaired) electrons. The zero-order chi connectivity index (χ0) is 14.0. The summed E-state index contributed by atoms with van der Waals surface area (Å²) in [6.45, 7) is 6.77. The number of nitrogens with one attached hydrogen (secondary N) is 1. The Morgan fingerprint density at radius 3 is 2.22 bits per heavy atom. The second-order valence-electron chi connectivity index (χ2n) is 5.82. The summed E-state index contributed by atoms with van der Waals surface area (Å²) in [5.74, 6) is -0.538. The largest absolute Gasteiger partial charge is 0.459 e. The minimum atomic E-state index is -3.41.